The zero-order valence-corrected chi connectivity index (χ0v) is 13.8. The van der Waals surface area contributed by atoms with Gasteiger partial charge in [0.05, 0.1) is 9.21 Å². The minimum atomic E-state index is -0.00146. The number of piperidine rings is 1. The number of thiophene rings is 1. The summed E-state index contributed by atoms with van der Waals surface area (Å²) < 4.78 is 0.662. The van der Waals surface area contributed by atoms with E-state index < -0.39 is 0 Å². The van der Waals surface area contributed by atoms with Crippen molar-refractivity contribution in [3.8, 4) is 0 Å². The number of likely N-dealkylation sites (tertiary alicyclic amines) is 1. The number of rotatable bonds is 5. The molecule has 0 spiro atoms. The Morgan fingerprint density at radius 2 is 2.35 bits per heavy atom. The lowest BCUT2D eigenvalue weighted by Crippen LogP contribution is -2.40. The number of amides is 1. The Morgan fingerprint density at radius 3 is 3.00 bits per heavy atom. The van der Waals surface area contributed by atoms with Crippen molar-refractivity contribution in [3.05, 3.63) is 21.3 Å². The van der Waals surface area contributed by atoms with Crippen LogP contribution in [0.5, 0.6) is 0 Å². The van der Waals surface area contributed by atoms with Crippen molar-refractivity contribution in [1.82, 2.24) is 10.2 Å². The maximum atomic E-state index is 11.9. The Kier molecular flexibility index (Phi) is 5.87. The zero-order valence-electron chi connectivity index (χ0n) is 12.2. The van der Waals surface area contributed by atoms with E-state index >= 15 is 0 Å². The molecule has 1 atom stereocenters. The van der Waals surface area contributed by atoms with Crippen molar-refractivity contribution in [2.45, 2.75) is 39.2 Å². The summed E-state index contributed by atoms with van der Waals surface area (Å²) in [5, 5.41) is 3.00. The van der Waals surface area contributed by atoms with E-state index in [1.165, 1.54) is 37.3 Å². The first kappa shape index (κ1) is 15.8. The Morgan fingerprint density at radius 1 is 1.55 bits per heavy atom. The van der Waals surface area contributed by atoms with Crippen molar-refractivity contribution in [1.29, 1.82) is 0 Å². The van der Waals surface area contributed by atoms with Gasteiger partial charge < -0.3 is 10.2 Å². The second-order valence-corrected chi connectivity index (χ2v) is 7.46. The van der Waals surface area contributed by atoms with Gasteiger partial charge in [0.25, 0.3) is 5.91 Å². The first-order valence-corrected chi connectivity index (χ1v) is 8.53. The average molecular weight is 315 g/mol. The summed E-state index contributed by atoms with van der Waals surface area (Å²) in [4.78, 5) is 15.1. The molecule has 0 aromatic carbocycles. The molecule has 0 radical (unpaired) electrons. The van der Waals surface area contributed by atoms with Gasteiger partial charge in [-0.05, 0) is 57.7 Å². The second-order valence-electron chi connectivity index (χ2n) is 5.75. The van der Waals surface area contributed by atoms with Crippen molar-refractivity contribution < 1.29 is 4.79 Å². The van der Waals surface area contributed by atoms with E-state index in [-0.39, 0.29) is 5.91 Å². The molecule has 1 aromatic heterocycles. The highest BCUT2D eigenvalue weighted by Crippen LogP contribution is 2.22. The molecule has 1 aliphatic heterocycles. The van der Waals surface area contributed by atoms with E-state index in [2.05, 4.69) is 24.1 Å². The van der Waals surface area contributed by atoms with Gasteiger partial charge in [-0.3, -0.25) is 4.79 Å². The van der Waals surface area contributed by atoms with Gasteiger partial charge in [0.15, 0.2) is 0 Å². The van der Waals surface area contributed by atoms with Gasteiger partial charge in [-0.25, -0.2) is 0 Å². The molecule has 1 amide bonds. The lowest BCUT2D eigenvalue weighted by molar-refractivity contribution is 0.0946. The number of nitrogens with one attached hydrogen (secondary N) is 1. The average Bonchev–Trinajstić information content (AvgIpc) is 2.86. The number of hydrogen-bond donors (Lipinski definition) is 1. The van der Waals surface area contributed by atoms with Crippen LogP contribution < -0.4 is 5.32 Å². The summed E-state index contributed by atoms with van der Waals surface area (Å²) >= 11 is 7.17. The molecule has 0 saturated carbocycles. The Labute approximate surface area is 130 Å². The van der Waals surface area contributed by atoms with Crippen LogP contribution in [0.4, 0.5) is 0 Å². The SMILES string of the molecule is CC(C)N1CCCC(CCNC(=O)c2ccc(Cl)s2)C1. The number of nitrogens with zero attached hydrogens (tertiary/aromatic N) is 1. The summed E-state index contributed by atoms with van der Waals surface area (Å²) in [5.74, 6) is 0.705. The van der Waals surface area contributed by atoms with Crippen LogP contribution in [-0.4, -0.2) is 36.5 Å². The van der Waals surface area contributed by atoms with Gasteiger partial charge in [-0.1, -0.05) is 11.6 Å². The lowest BCUT2D eigenvalue weighted by atomic mass is 9.94. The minimum absolute atomic E-state index is 0.00146. The highest BCUT2D eigenvalue weighted by atomic mass is 35.5. The molecule has 2 rings (SSSR count). The molecule has 1 unspecified atom stereocenters. The maximum absolute atomic E-state index is 11.9. The highest BCUT2D eigenvalue weighted by Gasteiger charge is 2.21. The molecule has 1 N–H and O–H groups in total. The number of halogens is 1. The van der Waals surface area contributed by atoms with Gasteiger partial charge >= 0.3 is 0 Å². The third kappa shape index (κ3) is 4.47. The van der Waals surface area contributed by atoms with E-state index in [9.17, 15) is 4.79 Å². The molecule has 20 heavy (non-hydrogen) atoms. The van der Waals surface area contributed by atoms with Gasteiger partial charge in [-0.15, -0.1) is 11.3 Å². The van der Waals surface area contributed by atoms with E-state index in [1.807, 2.05) is 0 Å². The molecule has 1 fully saturated rings. The predicted octanol–water partition coefficient (Wildman–Crippen LogP) is 3.64. The lowest BCUT2D eigenvalue weighted by Gasteiger charge is -2.35. The smallest absolute Gasteiger partial charge is 0.261 e. The predicted molar refractivity (Wildman–Crippen MR) is 85.7 cm³/mol. The maximum Gasteiger partial charge on any atom is 0.261 e. The van der Waals surface area contributed by atoms with Crippen molar-refractivity contribution in [3.63, 3.8) is 0 Å². The zero-order chi connectivity index (χ0) is 14.5. The fraction of sp³-hybridized carbons (Fsp3) is 0.667. The molecular weight excluding hydrogens is 292 g/mol. The summed E-state index contributed by atoms with van der Waals surface area (Å²) in [6, 6.07) is 4.17. The third-order valence-electron chi connectivity index (χ3n) is 3.92. The fourth-order valence-corrected chi connectivity index (χ4v) is 3.67. The van der Waals surface area contributed by atoms with Crippen LogP contribution in [0.25, 0.3) is 0 Å². The molecule has 0 aliphatic carbocycles. The molecule has 5 heteroatoms. The van der Waals surface area contributed by atoms with Crippen LogP contribution in [0.1, 0.15) is 42.8 Å². The van der Waals surface area contributed by atoms with Gasteiger partial charge in [-0.2, -0.15) is 0 Å². The largest absolute Gasteiger partial charge is 0.351 e. The van der Waals surface area contributed by atoms with E-state index in [0.29, 0.717) is 21.2 Å². The minimum Gasteiger partial charge on any atom is -0.351 e. The van der Waals surface area contributed by atoms with Gasteiger partial charge in [0.2, 0.25) is 0 Å². The van der Waals surface area contributed by atoms with E-state index in [4.69, 9.17) is 11.6 Å². The molecule has 1 aliphatic rings. The standard InChI is InChI=1S/C15H23ClN2OS/c1-11(2)18-9-3-4-12(10-18)7-8-17-15(19)13-5-6-14(16)20-13/h5-6,11-12H,3-4,7-10H2,1-2H3,(H,17,19). The van der Waals surface area contributed by atoms with Gasteiger partial charge in [0, 0.05) is 19.1 Å². The molecule has 112 valence electrons. The van der Waals surface area contributed by atoms with Crippen LogP contribution in [0.15, 0.2) is 12.1 Å². The summed E-state index contributed by atoms with van der Waals surface area (Å²) in [5.41, 5.74) is 0. The molecule has 2 heterocycles. The number of hydrogen-bond acceptors (Lipinski definition) is 3. The van der Waals surface area contributed by atoms with E-state index in [1.54, 1.807) is 12.1 Å². The van der Waals surface area contributed by atoms with Crippen LogP contribution in [0, 0.1) is 5.92 Å². The monoisotopic (exact) mass is 314 g/mol. The molecule has 0 bridgehead atoms. The van der Waals surface area contributed by atoms with E-state index in [0.717, 1.165) is 13.0 Å². The summed E-state index contributed by atoms with van der Waals surface area (Å²) in [6.07, 6.45) is 3.62. The number of carbonyl (C=O) groups excluding carboxylic acids is 1. The van der Waals surface area contributed by atoms with Crippen LogP contribution in [0.3, 0.4) is 0 Å². The molecule has 1 aromatic rings. The molecule has 1 saturated heterocycles. The second kappa shape index (κ2) is 7.43. The van der Waals surface area contributed by atoms with Crippen LogP contribution >= 0.6 is 22.9 Å². The normalized spacial score (nSPS) is 20.3. The quantitative estimate of drug-likeness (QED) is 0.900. The Bertz CT molecular complexity index is 447. The van der Waals surface area contributed by atoms with Crippen molar-refractivity contribution >= 4 is 28.8 Å². The number of carbonyl (C=O) groups is 1. The molecular formula is C15H23ClN2OS. The highest BCUT2D eigenvalue weighted by molar-refractivity contribution is 7.17. The van der Waals surface area contributed by atoms with Gasteiger partial charge in [0.1, 0.15) is 0 Å². The van der Waals surface area contributed by atoms with Crippen LogP contribution in [0.2, 0.25) is 4.34 Å². The fourth-order valence-electron chi connectivity index (χ4n) is 2.72. The topological polar surface area (TPSA) is 32.3 Å². The van der Waals surface area contributed by atoms with Crippen molar-refractivity contribution in [2.24, 2.45) is 5.92 Å². The molecule has 3 nitrogen and oxygen atoms in total. The Balaban J connectivity index is 1.71. The summed E-state index contributed by atoms with van der Waals surface area (Å²) in [6.45, 7) is 7.65. The van der Waals surface area contributed by atoms with Crippen LogP contribution in [-0.2, 0) is 0 Å². The first-order valence-electron chi connectivity index (χ1n) is 7.34. The third-order valence-corrected chi connectivity index (χ3v) is 5.15. The van der Waals surface area contributed by atoms with Crippen molar-refractivity contribution in [2.75, 3.05) is 19.6 Å². The Hall–Kier alpha value is -0.580. The summed E-state index contributed by atoms with van der Waals surface area (Å²) in [7, 11) is 0. The first-order chi connectivity index (χ1) is 9.56.